The molecule has 3 aromatic heterocycles. The average Bonchev–Trinajstić information content (AvgIpc) is 3.07. The van der Waals surface area contributed by atoms with Gasteiger partial charge in [0.2, 0.25) is 5.91 Å². The van der Waals surface area contributed by atoms with Gasteiger partial charge in [0.15, 0.2) is 5.82 Å². The van der Waals surface area contributed by atoms with Crippen LogP contribution < -0.4 is 5.32 Å². The van der Waals surface area contributed by atoms with Crippen molar-refractivity contribution in [3.8, 4) is 11.4 Å². The lowest BCUT2D eigenvalue weighted by Gasteiger charge is -2.25. The van der Waals surface area contributed by atoms with Gasteiger partial charge in [-0.25, -0.2) is 9.97 Å². The smallest absolute Gasteiger partial charge is 0.242 e. The normalized spacial score (nSPS) is 16.1. The second kappa shape index (κ2) is 7.03. The number of hydrogen-bond donors (Lipinski definition) is 1. The van der Waals surface area contributed by atoms with E-state index in [1.165, 1.54) is 0 Å². The molecule has 1 aliphatic carbocycles. The lowest BCUT2D eigenvalue weighted by Crippen LogP contribution is -2.34. The van der Waals surface area contributed by atoms with E-state index in [-0.39, 0.29) is 18.5 Å². The van der Waals surface area contributed by atoms with Crippen LogP contribution in [0.25, 0.3) is 11.4 Å². The number of pyridine rings is 1. The fraction of sp³-hybridized carbons (Fsp3) is 0.316. The van der Waals surface area contributed by atoms with E-state index >= 15 is 0 Å². The van der Waals surface area contributed by atoms with E-state index in [4.69, 9.17) is 4.98 Å². The summed E-state index contributed by atoms with van der Waals surface area (Å²) >= 11 is 0. The van der Waals surface area contributed by atoms with Crippen molar-refractivity contribution in [1.29, 1.82) is 0 Å². The summed E-state index contributed by atoms with van der Waals surface area (Å²) in [4.78, 5) is 25.7. The molecule has 1 N–H and O–H groups in total. The number of amides is 1. The van der Waals surface area contributed by atoms with Crippen LogP contribution in [0.4, 0.5) is 0 Å². The maximum absolute atomic E-state index is 12.4. The molecular formula is C19H20N6O. The molecule has 4 rings (SSSR count). The third kappa shape index (κ3) is 3.46. The van der Waals surface area contributed by atoms with Gasteiger partial charge in [-0.2, -0.15) is 5.10 Å². The molecule has 0 bridgehead atoms. The first-order valence-electron chi connectivity index (χ1n) is 8.74. The highest BCUT2D eigenvalue weighted by Crippen LogP contribution is 2.29. The Hall–Kier alpha value is -3.09. The highest BCUT2D eigenvalue weighted by molar-refractivity contribution is 5.76. The molecule has 7 nitrogen and oxygen atoms in total. The number of carbonyl (C=O) groups excluding carboxylic acids is 1. The molecule has 132 valence electrons. The Labute approximate surface area is 151 Å². The van der Waals surface area contributed by atoms with Gasteiger partial charge in [0.25, 0.3) is 0 Å². The SMILES string of the molecule is Cc1ccn(CC(=O)N[C@@H]2CCCc3nc(-c4cccnc4)ncc32)n1. The maximum Gasteiger partial charge on any atom is 0.242 e. The van der Waals surface area contributed by atoms with Gasteiger partial charge in [0.1, 0.15) is 6.54 Å². The number of fused-ring (bicyclic) bond motifs is 1. The minimum Gasteiger partial charge on any atom is -0.348 e. The van der Waals surface area contributed by atoms with E-state index in [9.17, 15) is 4.79 Å². The van der Waals surface area contributed by atoms with Crippen molar-refractivity contribution in [1.82, 2.24) is 30.0 Å². The summed E-state index contributed by atoms with van der Waals surface area (Å²) in [6.07, 6.45) is 9.93. The number of hydrogen-bond acceptors (Lipinski definition) is 5. The Morgan fingerprint density at radius 1 is 1.35 bits per heavy atom. The average molecular weight is 348 g/mol. The molecule has 1 amide bonds. The summed E-state index contributed by atoms with van der Waals surface area (Å²) < 4.78 is 1.65. The molecule has 3 heterocycles. The molecule has 0 radical (unpaired) electrons. The lowest BCUT2D eigenvalue weighted by atomic mass is 9.92. The van der Waals surface area contributed by atoms with Gasteiger partial charge in [-0.3, -0.25) is 14.5 Å². The molecule has 7 heteroatoms. The van der Waals surface area contributed by atoms with Crippen molar-refractivity contribution >= 4 is 5.91 Å². The Bertz CT molecular complexity index is 921. The molecule has 0 aliphatic heterocycles. The van der Waals surface area contributed by atoms with Gasteiger partial charge in [0.05, 0.1) is 11.7 Å². The van der Waals surface area contributed by atoms with Crippen molar-refractivity contribution in [3.05, 3.63) is 59.9 Å². The first kappa shape index (κ1) is 16.4. The van der Waals surface area contributed by atoms with Crippen molar-refractivity contribution in [3.63, 3.8) is 0 Å². The Kier molecular flexibility index (Phi) is 4.43. The third-order valence-corrected chi connectivity index (χ3v) is 4.52. The predicted octanol–water partition coefficient (Wildman–Crippen LogP) is 2.24. The summed E-state index contributed by atoms with van der Waals surface area (Å²) in [6, 6.07) is 5.66. The van der Waals surface area contributed by atoms with Gasteiger partial charge in [-0.15, -0.1) is 0 Å². The summed E-state index contributed by atoms with van der Waals surface area (Å²) in [5.74, 6) is 0.623. The quantitative estimate of drug-likeness (QED) is 0.781. The van der Waals surface area contributed by atoms with Crippen LogP contribution in [0, 0.1) is 6.92 Å². The topological polar surface area (TPSA) is 85.6 Å². The number of nitrogens with zero attached hydrogens (tertiary/aromatic N) is 5. The van der Waals surface area contributed by atoms with Crippen molar-refractivity contribution < 1.29 is 4.79 Å². The largest absolute Gasteiger partial charge is 0.348 e. The highest BCUT2D eigenvalue weighted by Gasteiger charge is 2.24. The number of rotatable bonds is 4. The van der Waals surface area contributed by atoms with Gasteiger partial charge >= 0.3 is 0 Å². The van der Waals surface area contributed by atoms with E-state index in [0.29, 0.717) is 5.82 Å². The predicted molar refractivity (Wildman–Crippen MR) is 96.0 cm³/mol. The first-order valence-corrected chi connectivity index (χ1v) is 8.74. The fourth-order valence-electron chi connectivity index (χ4n) is 3.27. The molecule has 3 aromatic rings. The van der Waals surface area contributed by atoms with Gasteiger partial charge in [-0.1, -0.05) is 0 Å². The molecule has 0 aromatic carbocycles. The van der Waals surface area contributed by atoms with E-state index in [2.05, 4.69) is 20.4 Å². The van der Waals surface area contributed by atoms with Crippen LogP contribution in [0.1, 0.15) is 35.8 Å². The molecular weight excluding hydrogens is 328 g/mol. The van der Waals surface area contributed by atoms with Gasteiger partial charge < -0.3 is 5.32 Å². The highest BCUT2D eigenvalue weighted by atomic mass is 16.2. The van der Waals surface area contributed by atoms with E-state index < -0.39 is 0 Å². The van der Waals surface area contributed by atoms with Gasteiger partial charge in [-0.05, 0) is 44.4 Å². The summed E-state index contributed by atoms with van der Waals surface area (Å²) in [5, 5.41) is 7.36. The Morgan fingerprint density at radius 3 is 3.04 bits per heavy atom. The Balaban J connectivity index is 1.51. The number of nitrogens with one attached hydrogen (secondary N) is 1. The monoisotopic (exact) mass is 348 g/mol. The van der Waals surface area contributed by atoms with Crippen LogP contribution in [0.2, 0.25) is 0 Å². The molecule has 0 spiro atoms. The summed E-state index contributed by atoms with van der Waals surface area (Å²) in [6.45, 7) is 2.12. The third-order valence-electron chi connectivity index (χ3n) is 4.52. The molecule has 0 saturated carbocycles. The van der Waals surface area contributed by atoms with Crippen molar-refractivity contribution in [2.75, 3.05) is 0 Å². The fourth-order valence-corrected chi connectivity index (χ4v) is 3.27. The molecule has 0 saturated heterocycles. The molecule has 1 atom stereocenters. The van der Waals surface area contributed by atoms with E-state index in [0.717, 1.165) is 41.8 Å². The zero-order valence-electron chi connectivity index (χ0n) is 14.6. The number of carbonyl (C=O) groups is 1. The molecule has 0 fully saturated rings. The van der Waals surface area contributed by atoms with Crippen LogP contribution in [-0.4, -0.2) is 30.6 Å². The van der Waals surface area contributed by atoms with E-state index in [1.807, 2.05) is 37.5 Å². The lowest BCUT2D eigenvalue weighted by molar-refractivity contribution is -0.122. The molecule has 26 heavy (non-hydrogen) atoms. The number of aromatic nitrogens is 5. The van der Waals surface area contributed by atoms with Crippen molar-refractivity contribution in [2.45, 2.75) is 38.8 Å². The van der Waals surface area contributed by atoms with Crippen molar-refractivity contribution in [2.24, 2.45) is 0 Å². The van der Waals surface area contributed by atoms with E-state index in [1.54, 1.807) is 17.1 Å². The summed E-state index contributed by atoms with van der Waals surface area (Å²) in [5.41, 5.74) is 3.81. The zero-order valence-corrected chi connectivity index (χ0v) is 14.6. The van der Waals surface area contributed by atoms with Crippen LogP contribution >= 0.6 is 0 Å². The van der Waals surface area contributed by atoms with Crippen LogP contribution in [-0.2, 0) is 17.8 Å². The summed E-state index contributed by atoms with van der Waals surface area (Å²) in [7, 11) is 0. The zero-order chi connectivity index (χ0) is 17.9. The van der Waals surface area contributed by atoms with Crippen LogP contribution in [0.3, 0.4) is 0 Å². The second-order valence-electron chi connectivity index (χ2n) is 6.50. The minimum atomic E-state index is -0.0534. The standard InChI is InChI=1S/C19H20N6O/c1-13-7-9-25(24-13)12-18(26)22-16-5-2-6-17-15(16)11-21-19(23-17)14-4-3-8-20-10-14/h3-4,7-11,16H,2,5-6,12H2,1H3,(H,22,26)/t16-/m1/s1. The second-order valence-corrected chi connectivity index (χ2v) is 6.50. The van der Waals surface area contributed by atoms with Crippen LogP contribution in [0.5, 0.6) is 0 Å². The first-order chi connectivity index (χ1) is 12.7. The number of aryl methyl sites for hydroxylation is 2. The minimum absolute atomic E-state index is 0.0501. The maximum atomic E-state index is 12.4. The molecule has 0 unspecified atom stereocenters. The van der Waals surface area contributed by atoms with Gasteiger partial charge in [0, 0.05) is 41.6 Å². The Morgan fingerprint density at radius 2 is 2.27 bits per heavy atom. The molecule has 1 aliphatic rings. The van der Waals surface area contributed by atoms with Crippen LogP contribution in [0.15, 0.2) is 43.0 Å².